The van der Waals surface area contributed by atoms with Crippen LogP contribution < -0.4 is 10.2 Å². The first-order chi connectivity index (χ1) is 16.2. The van der Waals surface area contributed by atoms with Gasteiger partial charge in [-0.3, -0.25) is 4.98 Å². The van der Waals surface area contributed by atoms with Crippen LogP contribution in [0.4, 0.5) is 0 Å². The summed E-state index contributed by atoms with van der Waals surface area (Å²) in [5.41, 5.74) is 7.76. The van der Waals surface area contributed by atoms with Crippen LogP contribution >= 0.6 is 12.2 Å². The molecule has 0 saturated carbocycles. The number of nitrogens with zero attached hydrogens (tertiary/aromatic N) is 3. The number of H-pyrrole nitrogens is 1. The van der Waals surface area contributed by atoms with Crippen molar-refractivity contribution in [3.63, 3.8) is 0 Å². The molecule has 0 unspecified atom stereocenters. The van der Waals surface area contributed by atoms with Crippen LogP contribution in [0.1, 0.15) is 16.7 Å². The summed E-state index contributed by atoms with van der Waals surface area (Å²) in [4.78, 5) is 4.09. The SMILES string of the molecule is Cc1cccc(COc2ccc3ccccc3c2CNn2c(-c3ccncc3)n[nH]c2=S)c1. The molecule has 0 radical (unpaired) electrons. The minimum atomic E-state index is 0.490. The van der Waals surface area contributed by atoms with Gasteiger partial charge in [-0.15, -0.1) is 0 Å². The Morgan fingerprint density at radius 3 is 2.70 bits per heavy atom. The number of pyridine rings is 1. The number of rotatable bonds is 7. The summed E-state index contributed by atoms with van der Waals surface area (Å²) in [6, 6.07) is 24.6. The summed E-state index contributed by atoms with van der Waals surface area (Å²) in [5, 5.41) is 9.56. The van der Waals surface area contributed by atoms with Gasteiger partial charge in [0.05, 0.1) is 6.54 Å². The molecule has 5 aromatic rings. The Kier molecular flexibility index (Phi) is 5.87. The number of aromatic nitrogens is 4. The second kappa shape index (κ2) is 9.26. The second-order valence-electron chi connectivity index (χ2n) is 7.80. The van der Waals surface area contributed by atoms with Crippen molar-refractivity contribution < 1.29 is 4.74 Å². The van der Waals surface area contributed by atoms with Gasteiger partial charge in [0, 0.05) is 23.5 Å². The Balaban J connectivity index is 1.47. The molecule has 3 aromatic carbocycles. The summed E-state index contributed by atoms with van der Waals surface area (Å²) in [5.74, 6) is 1.54. The first kappa shape index (κ1) is 20.9. The number of ether oxygens (including phenoxy) is 1. The predicted octanol–water partition coefficient (Wildman–Crippen LogP) is 5.79. The molecule has 164 valence electrons. The molecule has 0 aliphatic rings. The zero-order valence-electron chi connectivity index (χ0n) is 18.2. The van der Waals surface area contributed by atoms with Crippen LogP contribution in [0.5, 0.6) is 5.75 Å². The third-order valence-electron chi connectivity index (χ3n) is 5.50. The summed E-state index contributed by atoms with van der Waals surface area (Å²) < 4.78 is 8.57. The summed E-state index contributed by atoms with van der Waals surface area (Å²) in [7, 11) is 0. The number of hydrogen-bond acceptors (Lipinski definition) is 5. The monoisotopic (exact) mass is 453 g/mol. The van der Waals surface area contributed by atoms with Crippen LogP contribution in [0.2, 0.25) is 0 Å². The van der Waals surface area contributed by atoms with E-state index in [2.05, 4.69) is 70.0 Å². The van der Waals surface area contributed by atoms with E-state index >= 15 is 0 Å². The van der Waals surface area contributed by atoms with Crippen LogP contribution in [0.15, 0.2) is 85.2 Å². The van der Waals surface area contributed by atoms with Gasteiger partial charge in [-0.25, -0.2) is 9.77 Å². The first-order valence-corrected chi connectivity index (χ1v) is 11.1. The van der Waals surface area contributed by atoms with Crippen molar-refractivity contribution in [2.75, 3.05) is 5.43 Å². The third kappa shape index (κ3) is 4.49. The van der Waals surface area contributed by atoms with Gasteiger partial charge in [0.25, 0.3) is 0 Å². The Labute approximate surface area is 196 Å². The predicted molar refractivity (Wildman–Crippen MR) is 133 cm³/mol. The van der Waals surface area contributed by atoms with Gasteiger partial charge in [-0.1, -0.05) is 60.2 Å². The van der Waals surface area contributed by atoms with Crippen molar-refractivity contribution in [1.82, 2.24) is 19.9 Å². The smallest absolute Gasteiger partial charge is 0.214 e. The van der Waals surface area contributed by atoms with E-state index in [1.54, 1.807) is 17.1 Å². The molecule has 0 atom stereocenters. The molecule has 6 nitrogen and oxygen atoms in total. The molecule has 0 fully saturated rings. The Hall–Kier alpha value is -3.97. The van der Waals surface area contributed by atoms with Crippen LogP contribution in [0, 0.1) is 11.7 Å². The molecule has 0 spiro atoms. The highest BCUT2D eigenvalue weighted by Crippen LogP contribution is 2.29. The zero-order valence-corrected chi connectivity index (χ0v) is 19.0. The standard InChI is InChI=1S/C26H23N5OS/c1-18-5-4-6-19(15-18)17-32-24-10-9-20-7-2-3-8-22(20)23(24)16-28-31-25(29-30-26(31)33)21-11-13-27-14-12-21/h2-15,28H,16-17H2,1H3,(H,30,33). The maximum Gasteiger partial charge on any atom is 0.214 e. The average Bonchev–Trinajstić information content (AvgIpc) is 3.22. The van der Waals surface area contributed by atoms with Crippen molar-refractivity contribution in [1.29, 1.82) is 0 Å². The van der Waals surface area contributed by atoms with Gasteiger partial charge in [0.15, 0.2) is 5.82 Å². The Bertz CT molecular complexity index is 1460. The van der Waals surface area contributed by atoms with Crippen LogP contribution in [0.25, 0.3) is 22.2 Å². The lowest BCUT2D eigenvalue weighted by atomic mass is 10.0. The zero-order chi connectivity index (χ0) is 22.6. The van der Waals surface area contributed by atoms with Crippen molar-refractivity contribution in [3.8, 4) is 17.1 Å². The normalized spacial score (nSPS) is 10.9. The molecule has 7 heteroatoms. The lowest BCUT2D eigenvalue weighted by Crippen LogP contribution is -2.17. The van der Waals surface area contributed by atoms with Gasteiger partial charge in [-0.2, -0.15) is 5.10 Å². The van der Waals surface area contributed by atoms with Gasteiger partial charge < -0.3 is 10.2 Å². The molecular formula is C26H23N5OS. The number of aryl methyl sites for hydroxylation is 1. The quantitative estimate of drug-likeness (QED) is 0.306. The number of fused-ring (bicyclic) bond motifs is 1. The van der Waals surface area contributed by atoms with Crippen molar-refractivity contribution in [2.24, 2.45) is 0 Å². The van der Waals surface area contributed by atoms with Gasteiger partial charge in [0.1, 0.15) is 12.4 Å². The number of nitrogens with one attached hydrogen (secondary N) is 2. The van der Waals surface area contributed by atoms with Gasteiger partial charge in [0.2, 0.25) is 4.77 Å². The van der Waals surface area contributed by atoms with Crippen LogP contribution in [-0.2, 0) is 13.2 Å². The number of benzene rings is 3. The van der Waals surface area contributed by atoms with E-state index in [0.29, 0.717) is 23.7 Å². The van der Waals surface area contributed by atoms with Crippen molar-refractivity contribution in [3.05, 3.63) is 107 Å². The highest BCUT2D eigenvalue weighted by Gasteiger charge is 2.13. The fourth-order valence-electron chi connectivity index (χ4n) is 3.89. The number of hydrogen-bond donors (Lipinski definition) is 2. The molecule has 0 saturated heterocycles. The van der Waals surface area contributed by atoms with E-state index in [1.165, 1.54) is 5.56 Å². The van der Waals surface area contributed by atoms with E-state index < -0.39 is 0 Å². The van der Waals surface area contributed by atoms with Crippen LogP contribution in [-0.4, -0.2) is 19.9 Å². The minimum absolute atomic E-state index is 0.490. The summed E-state index contributed by atoms with van der Waals surface area (Å²) in [6.07, 6.45) is 3.47. The molecule has 2 heterocycles. The molecule has 5 rings (SSSR count). The minimum Gasteiger partial charge on any atom is -0.489 e. The molecular weight excluding hydrogens is 430 g/mol. The summed E-state index contributed by atoms with van der Waals surface area (Å²) >= 11 is 5.48. The van der Waals surface area contributed by atoms with Gasteiger partial charge in [-0.05, 0) is 53.7 Å². The van der Waals surface area contributed by atoms with Crippen molar-refractivity contribution in [2.45, 2.75) is 20.1 Å². The first-order valence-electron chi connectivity index (χ1n) is 10.7. The van der Waals surface area contributed by atoms with Crippen molar-refractivity contribution >= 4 is 23.0 Å². The maximum absolute atomic E-state index is 6.29. The summed E-state index contributed by atoms with van der Waals surface area (Å²) in [6.45, 7) is 3.10. The molecule has 33 heavy (non-hydrogen) atoms. The largest absolute Gasteiger partial charge is 0.489 e. The van der Waals surface area contributed by atoms with E-state index in [9.17, 15) is 0 Å². The maximum atomic E-state index is 6.29. The molecule has 2 aromatic heterocycles. The molecule has 0 aliphatic carbocycles. The fourth-order valence-corrected chi connectivity index (χ4v) is 4.09. The molecule has 2 N–H and O–H groups in total. The lowest BCUT2D eigenvalue weighted by molar-refractivity contribution is 0.303. The Morgan fingerprint density at radius 2 is 1.85 bits per heavy atom. The molecule has 0 aliphatic heterocycles. The van der Waals surface area contributed by atoms with E-state index in [1.807, 2.05) is 30.3 Å². The molecule has 0 bridgehead atoms. The second-order valence-corrected chi connectivity index (χ2v) is 8.19. The highest BCUT2D eigenvalue weighted by molar-refractivity contribution is 7.71. The molecule has 0 amide bonds. The van der Waals surface area contributed by atoms with E-state index in [-0.39, 0.29) is 0 Å². The fraction of sp³-hybridized carbons (Fsp3) is 0.115. The van der Waals surface area contributed by atoms with E-state index in [0.717, 1.165) is 33.2 Å². The topological polar surface area (TPSA) is 67.8 Å². The Morgan fingerprint density at radius 1 is 1.00 bits per heavy atom. The van der Waals surface area contributed by atoms with E-state index in [4.69, 9.17) is 17.0 Å². The van der Waals surface area contributed by atoms with Gasteiger partial charge >= 0.3 is 0 Å². The van der Waals surface area contributed by atoms with Crippen LogP contribution in [0.3, 0.4) is 0 Å². The highest BCUT2D eigenvalue weighted by atomic mass is 32.1. The third-order valence-corrected chi connectivity index (χ3v) is 5.77. The average molecular weight is 454 g/mol. The lowest BCUT2D eigenvalue weighted by Gasteiger charge is -2.17. The number of aromatic amines is 1.